The minimum atomic E-state index is -0.0596. The number of hydrogen-bond acceptors (Lipinski definition) is 3. The van der Waals surface area contributed by atoms with Gasteiger partial charge >= 0.3 is 5.97 Å². The molecule has 1 aliphatic heterocycles. The Morgan fingerprint density at radius 2 is 2.00 bits per heavy atom. The first-order valence-electron chi connectivity index (χ1n) is 9.56. The summed E-state index contributed by atoms with van der Waals surface area (Å²) in [6.07, 6.45) is 1.64. The van der Waals surface area contributed by atoms with Crippen molar-refractivity contribution in [2.45, 2.75) is 46.0 Å². The number of nitrogens with zero attached hydrogens (tertiary/aromatic N) is 2. The highest BCUT2D eigenvalue weighted by Crippen LogP contribution is 2.24. The number of piperidine rings is 1. The molecule has 0 radical (unpaired) electrons. The number of carbonyl (C=O) groups excluding carboxylic acids is 1. The fourth-order valence-corrected chi connectivity index (χ4v) is 3.39. The monoisotopic (exact) mass is 487 g/mol. The van der Waals surface area contributed by atoms with Crippen molar-refractivity contribution in [3.05, 3.63) is 35.4 Å². The number of rotatable bonds is 5. The lowest BCUT2D eigenvalue weighted by molar-refractivity contribution is -0.149. The molecule has 1 saturated heterocycles. The molecule has 6 heteroatoms. The number of carbonyl (C=O) groups is 1. The predicted molar refractivity (Wildman–Crippen MR) is 122 cm³/mol. The SMILES string of the molecule is CCOC(=O)C1CCN(C(=NC)NCC(C)(C)c2cccc(C)c2)CC1.I. The van der Waals surface area contributed by atoms with E-state index >= 15 is 0 Å². The second-order valence-electron chi connectivity index (χ2n) is 7.67. The smallest absolute Gasteiger partial charge is 0.309 e. The van der Waals surface area contributed by atoms with Crippen molar-refractivity contribution in [2.24, 2.45) is 10.9 Å². The number of hydrogen-bond donors (Lipinski definition) is 1. The Labute approximate surface area is 181 Å². The first-order chi connectivity index (χ1) is 12.4. The molecule has 152 valence electrons. The molecule has 1 aromatic carbocycles. The highest BCUT2D eigenvalue weighted by molar-refractivity contribution is 14.0. The predicted octanol–water partition coefficient (Wildman–Crippen LogP) is 3.74. The zero-order valence-electron chi connectivity index (χ0n) is 17.2. The number of esters is 1. The van der Waals surface area contributed by atoms with E-state index in [9.17, 15) is 4.79 Å². The highest BCUT2D eigenvalue weighted by atomic mass is 127. The van der Waals surface area contributed by atoms with Crippen molar-refractivity contribution in [2.75, 3.05) is 33.3 Å². The van der Waals surface area contributed by atoms with Crippen molar-refractivity contribution >= 4 is 35.9 Å². The molecule has 1 aliphatic rings. The third kappa shape index (κ3) is 6.66. The summed E-state index contributed by atoms with van der Waals surface area (Å²) in [6, 6.07) is 8.67. The van der Waals surface area contributed by atoms with Crippen LogP contribution < -0.4 is 5.32 Å². The van der Waals surface area contributed by atoms with Crippen LogP contribution in [0.2, 0.25) is 0 Å². The summed E-state index contributed by atoms with van der Waals surface area (Å²) >= 11 is 0. The van der Waals surface area contributed by atoms with Crippen molar-refractivity contribution in [3.8, 4) is 0 Å². The van der Waals surface area contributed by atoms with Crippen LogP contribution >= 0.6 is 24.0 Å². The molecule has 0 bridgehead atoms. The fraction of sp³-hybridized carbons (Fsp3) is 0.619. The molecule has 0 spiro atoms. The minimum absolute atomic E-state index is 0. The van der Waals surface area contributed by atoms with Crippen molar-refractivity contribution in [1.29, 1.82) is 0 Å². The van der Waals surface area contributed by atoms with E-state index < -0.39 is 0 Å². The van der Waals surface area contributed by atoms with Crippen LogP contribution in [0.4, 0.5) is 0 Å². The molecule has 0 amide bonds. The number of likely N-dealkylation sites (tertiary alicyclic amines) is 1. The fourth-order valence-electron chi connectivity index (χ4n) is 3.39. The van der Waals surface area contributed by atoms with E-state index in [1.54, 1.807) is 0 Å². The maximum Gasteiger partial charge on any atom is 0.309 e. The maximum atomic E-state index is 11.9. The van der Waals surface area contributed by atoms with Gasteiger partial charge in [0, 0.05) is 32.1 Å². The third-order valence-corrected chi connectivity index (χ3v) is 5.11. The van der Waals surface area contributed by atoms with Crippen molar-refractivity contribution in [3.63, 3.8) is 0 Å². The van der Waals surface area contributed by atoms with Gasteiger partial charge in [0.2, 0.25) is 0 Å². The Morgan fingerprint density at radius 1 is 1.33 bits per heavy atom. The van der Waals surface area contributed by atoms with Gasteiger partial charge in [-0.3, -0.25) is 9.79 Å². The highest BCUT2D eigenvalue weighted by Gasteiger charge is 2.28. The average Bonchev–Trinajstić information content (AvgIpc) is 2.63. The summed E-state index contributed by atoms with van der Waals surface area (Å²) < 4.78 is 5.15. The first-order valence-corrected chi connectivity index (χ1v) is 9.56. The quantitative estimate of drug-likeness (QED) is 0.298. The Balaban J connectivity index is 0.00000364. The summed E-state index contributed by atoms with van der Waals surface area (Å²) in [7, 11) is 1.82. The zero-order valence-corrected chi connectivity index (χ0v) is 19.6. The number of guanidine groups is 1. The van der Waals surface area contributed by atoms with E-state index in [1.165, 1.54) is 11.1 Å². The first kappa shape index (κ1) is 23.7. The normalized spacial score (nSPS) is 15.9. The molecule has 0 saturated carbocycles. The molecule has 5 nitrogen and oxygen atoms in total. The number of halogens is 1. The number of nitrogens with one attached hydrogen (secondary N) is 1. The largest absolute Gasteiger partial charge is 0.466 e. The molecule has 0 unspecified atom stereocenters. The molecule has 0 atom stereocenters. The number of benzene rings is 1. The van der Waals surface area contributed by atoms with Gasteiger partial charge in [0.25, 0.3) is 0 Å². The average molecular weight is 487 g/mol. The van der Waals surface area contributed by atoms with Crippen molar-refractivity contribution < 1.29 is 9.53 Å². The number of aryl methyl sites for hydroxylation is 1. The van der Waals surface area contributed by atoms with Gasteiger partial charge in [-0.15, -0.1) is 24.0 Å². The Kier molecular flexibility index (Phi) is 9.56. The third-order valence-electron chi connectivity index (χ3n) is 5.11. The van der Waals surface area contributed by atoms with Crippen molar-refractivity contribution in [1.82, 2.24) is 10.2 Å². The molecule has 27 heavy (non-hydrogen) atoms. The molecular weight excluding hydrogens is 453 g/mol. The molecule has 0 aliphatic carbocycles. The van der Waals surface area contributed by atoms with E-state index in [1.807, 2.05) is 14.0 Å². The van der Waals surface area contributed by atoms with Gasteiger partial charge in [0.1, 0.15) is 0 Å². The lowest BCUT2D eigenvalue weighted by Crippen LogP contribution is -2.49. The lowest BCUT2D eigenvalue weighted by Gasteiger charge is -2.35. The van der Waals surface area contributed by atoms with Crippen LogP contribution in [0.3, 0.4) is 0 Å². The topological polar surface area (TPSA) is 53.9 Å². The van der Waals surface area contributed by atoms with Crippen LogP contribution in [0.15, 0.2) is 29.3 Å². The van der Waals surface area contributed by atoms with Gasteiger partial charge < -0.3 is 15.0 Å². The molecule has 1 aromatic rings. The van der Waals surface area contributed by atoms with Gasteiger partial charge in [0.05, 0.1) is 12.5 Å². The van der Waals surface area contributed by atoms with Crippen LogP contribution in [0.5, 0.6) is 0 Å². The Morgan fingerprint density at radius 3 is 2.56 bits per heavy atom. The molecule has 0 aromatic heterocycles. The second kappa shape index (κ2) is 10.9. The molecule has 1 heterocycles. The second-order valence-corrected chi connectivity index (χ2v) is 7.67. The van der Waals surface area contributed by atoms with Crippen LogP contribution in [-0.4, -0.2) is 50.1 Å². The summed E-state index contributed by atoms with van der Waals surface area (Å²) in [4.78, 5) is 18.6. The Bertz CT molecular complexity index is 638. The van der Waals surface area contributed by atoms with E-state index in [0.29, 0.717) is 6.61 Å². The van der Waals surface area contributed by atoms with E-state index in [2.05, 4.69) is 60.2 Å². The van der Waals surface area contributed by atoms with Gasteiger partial charge in [-0.2, -0.15) is 0 Å². The van der Waals surface area contributed by atoms with E-state index in [-0.39, 0.29) is 41.3 Å². The zero-order chi connectivity index (χ0) is 19.2. The van der Waals surface area contributed by atoms with Gasteiger partial charge in [-0.1, -0.05) is 43.7 Å². The van der Waals surface area contributed by atoms with Crippen LogP contribution in [0.25, 0.3) is 0 Å². The van der Waals surface area contributed by atoms with Gasteiger partial charge in [-0.25, -0.2) is 0 Å². The van der Waals surface area contributed by atoms with E-state index in [0.717, 1.165) is 38.4 Å². The molecular formula is C21H34IN3O2. The van der Waals surface area contributed by atoms with Crippen LogP contribution in [0, 0.1) is 12.8 Å². The Hall–Kier alpha value is -1.31. The van der Waals surface area contributed by atoms with Crippen LogP contribution in [0.1, 0.15) is 44.7 Å². The summed E-state index contributed by atoms with van der Waals surface area (Å²) in [5.74, 6) is 0.872. The summed E-state index contributed by atoms with van der Waals surface area (Å²) in [6.45, 7) is 11.4. The summed E-state index contributed by atoms with van der Waals surface area (Å²) in [5, 5.41) is 3.53. The number of ether oxygens (including phenoxy) is 1. The molecule has 2 rings (SSSR count). The van der Waals surface area contributed by atoms with Gasteiger partial charge in [0.15, 0.2) is 5.96 Å². The summed E-state index contributed by atoms with van der Waals surface area (Å²) in [5.41, 5.74) is 2.60. The minimum Gasteiger partial charge on any atom is -0.466 e. The van der Waals surface area contributed by atoms with Gasteiger partial charge in [-0.05, 0) is 32.3 Å². The standard InChI is InChI=1S/C21H33N3O2.HI/c1-6-26-19(25)17-10-12-24(13-11-17)20(22-5)23-15-21(3,4)18-9-7-8-16(2)14-18;/h7-9,14,17H,6,10-13,15H2,1-5H3,(H,22,23);1H. The molecule has 1 fully saturated rings. The lowest BCUT2D eigenvalue weighted by atomic mass is 9.84. The number of aliphatic imine (C=N–C) groups is 1. The molecule has 1 N–H and O–H groups in total. The van der Waals surface area contributed by atoms with E-state index in [4.69, 9.17) is 4.74 Å². The maximum absolute atomic E-state index is 11.9. The van der Waals surface area contributed by atoms with Crippen LogP contribution in [-0.2, 0) is 14.9 Å².